The van der Waals surface area contributed by atoms with Crippen molar-refractivity contribution in [1.29, 1.82) is 0 Å². The first-order chi connectivity index (χ1) is 9.76. The number of nitrogens with zero attached hydrogens (tertiary/aromatic N) is 1. The molecule has 0 aromatic heterocycles. The number of rotatable bonds is 15. The Morgan fingerprint density at radius 1 is 0.950 bits per heavy atom. The highest BCUT2D eigenvalue weighted by Crippen LogP contribution is 1.99. The lowest BCUT2D eigenvalue weighted by Crippen LogP contribution is -2.44. The average Bonchev–Trinajstić information content (AvgIpc) is 2.45. The molecule has 0 aromatic rings. The van der Waals surface area contributed by atoms with Crippen molar-refractivity contribution in [3.05, 3.63) is 0 Å². The minimum atomic E-state index is 0.525. The third-order valence-electron chi connectivity index (χ3n) is 3.47. The quantitative estimate of drug-likeness (QED) is 0.470. The Morgan fingerprint density at radius 2 is 1.55 bits per heavy atom. The summed E-state index contributed by atoms with van der Waals surface area (Å²) in [5.41, 5.74) is 0. The Kier molecular flexibility index (Phi) is 15.1. The van der Waals surface area contributed by atoms with E-state index in [1.807, 2.05) is 13.8 Å². The van der Waals surface area contributed by atoms with Gasteiger partial charge in [0, 0.05) is 38.9 Å². The van der Waals surface area contributed by atoms with Gasteiger partial charge in [0.15, 0.2) is 0 Å². The summed E-state index contributed by atoms with van der Waals surface area (Å²) in [7, 11) is 0. The molecule has 122 valence electrons. The molecular formula is C16H36N2O2. The molecule has 1 unspecified atom stereocenters. The lowest BCUT2D eigenvalue weighted by molar-refractivity contribution is 0.0662. The molecule has 0 heterocycles. The van der Waals surface area contributed by atoms with Crippen molar-refractivity contribution >= 4 is 0 Å². The number of hydrogen-bond acceptors (Lipinski definition) is 4. The fraction of sp³-hybridized carbons (Fsp3) is 1.00. The van der Waals surface area contributed by atoms with Crippen molar-refractivity contribution in [2.75, 3.05) is 52.6 Å². The van der Waals surface area contributed by atoms with Gasteiger partial charge in [0.25, 0.3) is 0 Å². The summed E-state index contributed by atoms with van der Waals surface area (Å²) in [4.78, 5) is 2.46. The van der Waals surface area contributed by atoms with E-state index in [1.165, 1.54) is 19.3 Å². The smallest absolute Gasteiger partial charge is 0.0593 e. The van der Waals surface area contributed by atoms with Crippen molar-refractivity contribution in [2.45, 2.75) is 53.0 Å². The molecule has 0 aliphatic carbocycles. The van der Waals surface area contributed by atoms with Crippen LogP contribution in [0.2, 0.25) is 0 Å². The zero-order valence-corrected chi connectivity index (χ0v) is 14.1. The van der Waals surface area contributed by atoms with Crippen LogP contribution in [0, 0.1) is 0 Å². The van der Waals surface area contributed by atoms with E-state index in [4.69, 9.17) is 9.47 Å². The summed E-state index contributed by atoms with van der Waals surface area (Å²) in [5, 5.41) is 3.56. The van der Waals surface area contributed by atoms with Gasteiger partial charge in [0.1, 0.15) is 0 Å². The summed E-state index contributed by atoms with van der Waals surface area (Å²) in [6.07, 6.45) is 3.88. The van der Waals surface area contributed by atoms with Gasteiger partial charge in [0.2, 0.25) is 0 Å². The molecule has 0 aliphatic rings. The lowest BCUT2D eigenvalue weighted by Gasteiger charge is -2.29. The zero-order valence-electron chi connectivity index (χ0n) is 14.1. The third-order valence-corrected chi connectivity index (χ3v) is 3.47. The Balaban J connectivity index is 3.87. The first-order valence-electron chi connectivity index (χ1n) is 8.36. The van der Waals surface area contributed by atoms with Crippen LogP contribution in [0.5, 0.6) is 0 Å². The number of ether oxygens (including phenoxy) is 2. The molecule has 1 N–H and O–H groups in total. The second-order valence-corrected chi connectivity index (χ2v) is 5.19. The van der Waals surface area contributed by atoms with Crippen LogP contribution in [0.3, 0.4) is 0 Å². The fourth-order valence-electron chi connectivity index (χ4n) is 2.14. The van der Waals surface area contributed by atoms with E-state index in [0.717, 1.165) is 52.6 Å². The second-order valence-electron chi connectivity index (χ2n) is 5.19. The van der Waals surface area contributed by atoms with Crippen LogP contribution < -0.4 is 5.32 Å². The topological polar surface area (TPSA) is 33.7 Å². The zero-order chi connectivity index (χ0) is 15.1. The summed E-state index contributed by atoms with van der Waals surface area (Å²) in [6.45, 7) is 16.0. The van der Waals surface area contributed by atoms with Crippen molar-refractivity contribution in [1.82, 2.24) is 10.2 Å². The van der Waals surface area contributed by atoms with Crippen molar-refractivity contribution in [2.24, 2.45) is 0 Å². The molecule has 4 heteroatoms. The number of unbranched alkanes of at least 4 members (excludes halogenated alkanes) is 2. The molecule has 0 rings (SSSR count). The first kappa shape index (κ1) is 19.8. The highest BCUT2D eigenvalue weighted by atomic mass is 16.5. The summed E-state index contributed by atoms with van der Waals surface area (Å²) >= 11 is 0. The van der Waals surface area contributed by atoms with E-state index in [9.17, 15) is 0 Å². The van der Waals surface area contributed by atoms with Crippen molar-refractivity contribution in [3.63, 3.8) is 0 Å². The molecule has 0 spiro atoms. The van der Waals surface area contributed by atoms with Crippen LogP contribution in [0.15, 0.2) is 0 Å². The molecule has 0 bridgehead atoms. The van der Waals surface area contributed by atoms with Crippen LogP contribution in [-0.4, -0.2) is 63.5 Å². The van der Waals surface area contributed by atoms with Gasteiger partial charge in [-0.2, -0.15) is 0 Å². The van der Waals surface area contributed by atoms with Crippen molar-refractivity contribution in [3.8, 4) is 0 Å². The Labute approximate surface area is 126 Å². The summed E-state index contributed by atoms with van der Waals surface area (Å²) in [5.74, 6) is 0. The predicted molar refractivity (Wildman–Crippen MR) is 86.4 cm³/mol. The van der Waals surface area contributed by atoms with Gasteiger partial charge in [-0.05, 0) is 33.7 Å². The molecule has 0 radical (unpaired) electrons. The van der Waals surface area contributed by atoms with Gasteiger partial charge in [-0.1, -0.05) is 19.8 Å². The van der Waals surface area contributed by atoms with Gasteiger partial charge < -0.3 is 14.8 Å². The van der Waals surface area contributed by atoms with Gasteiger partial charge >= 0.3 is 0 Å². The average molecular weight is 288 g/mol. The molecule has 0 aromatic carbocycles. The molecule has 20 heavy (non-hydrogen) atoms. The van der Waals surface area contributed by atoms with Gasteiger partial charge in [-0.3, -0.25) is 4.90 Å². The maximum Gasteiger partial charge on any atom is 0.0593 e. The monoisotopic (exact) mass is 288 g/mol. The van der Waals surface area contributed by atoms with E-state index < -0.39 is 0 Å². The van der Waals surface area contributed by atoms with Gasteiger partial charge in [0.05, 0.1) is 13.2 Å². The van der Waals surface area contributed by atoms with Crippen LogP contribution in [-0.2, 0) is 9.47 Å². The molecule has 1 atom stereocenters. The second kappa shape index (κ2) is 15.2. The van der Waals surface area contributed by atoms with Crippen LogP contribution in [0.4, 0.5) is 0 Å². The van der Waals surface area contributed by atoms with E-state index in [2.05, 4.69) is 24.1 Å². The standard InChI is InChI=1S/C16H36N2O2/c1-5-8-9-10-17-15-16(4)18(11-13-19-6-2)12-14-20-7-3/h16-17H,5-15H2,1-4H3. The summed E-state index contributed by atoms with van der Waals surface area (Å²) in [6, 6.07) is 0.525. The summed E-state index contributed by atoms with van der Waals surface area (Å²) < 4.78 is 11.0. The predicted octanol–water partition coefficient (Wildman–Crippen LogP) is 2.53. The van der Waals surface area contributed by atoms with E-state index in [1.54, 1.807) is 0 Å². The minimum absolute atomic E-state index is 0.525. The molecule has 0 saturated carbocycles. The van der Waals surface area contributed by atoms with Crippen LogP contribution in [0.1, 0.15) is 47.0 Å². The van der Waals surface area contributed by atoms with Crippen molar-refractivity contribution < 1.29 is 9.47 Å². The maximum atomic E-state index is 5.48. The maximum absolute atomic E-state index is 5.48. The number of hydrogen-bond donors (Lipinski definition) is 1. The molecule has 0 amide bonds. The Bertz CT molecular complexity index is 181. The van der Waals surface area contributed by atoms with Gasteiger partial charge in [-0.25, -0.2) is 0 Å². The van der Waals surface area contributed by atoms with Gasteiger partial charge in [-0.15, -0.1) is 0 Å². The molecular weight excluding hydrogens is 252 g/mol. The molecule has 4 nitrogen and oxygen atoms in total. The Morgan fingerprint density at radius 3 is 2.05 bits per heavy atom. The first-order valence-corrected chi connectivity index (χ1v) is 8.36. The van der Waals surface area contributed by atoms with E-state index in [0.29, 0.717) is 6.04 Å². The Hall–Kier alpha value is -0.160. The SMILES string of the molecule is CCCCCNCC(C)N(CCOCC)CCOCC. The van der Waals surface area contributed by atoms with Crippen LogP contribution in [0.25, 0.3) is 0 Å². The number of nitrogens with one attached hydrogen (secondary N) is 1. The molecule has 0 saturated heterocycles. The third kappa shape index (κ3) is 11.6. The highest BCUT2D eigenvalue weighted by Gasteiger charge is 2.12. The highest BCUT2D eigenvalue weighted by molar-refractivity contribution is 4.69. The molecule has 0 fully saturated rings. The molecule has 0 aliphatic heterocycles. The van der Waals surface area contributed by atoms with E-state index in [-0.39, 0.29) is 0 Å². The lowest BCUT2D eigenvalue weighted by atomic mass is 10.2. The normalized spacial score (nSPS) is 13.1. The van der Waals surface area contributed by atoms with E-state index >= 15 is 0 Å². The van der Waals surface area contributed by atoms with Crippen LogP contribution >= 0.6 is 0 Å². The fourth-order valence-corrected chi connectivity index (χ4v) is 2.14. The minimum Gasteiger partial charge on any atom is -0.380 e. The largest absolute Gasteiger partial charge is 0.380 e.